The largest absolute Gasteiger partial charge is 0.352 e. The monoisotopic (exact) mass is 389 g/mol. The van der Waals surface area contributed by atoms with E-state index in [-0.39, 0.29) is 17.6 Å². The highest BCUT2D eigenvalue weighted by Crippen LogP contribution is 2.13. The van der Waals surface area contributed by atoms with Crippen LogP contribution in [0.3, 0.4) is 0 Å². The van der Waals surface area contributed by atoms with E-state index in [1.54, 1.807) is 23.6 Å². The number of carbonyl (C=O) groups excluding carboxylic acids is 2. The third-order valence-corrected chi connectivity index (χ3v) is 5.40. The van der Waals surface area contributed by atoms with Crippen LogP contribution in [-0.2, 0) is 11.3 Å². The Morgan fingerprint density at radius 2 is 1.89 bits per heavy atom. The molecule has 0 saturated carbocycles. The number of rotatable bonds is 7. The smallest absolute Gasteiger partial charge is 0.252 e. The Hall–Kier alpha value is -2.25. The zero-order valence-electron chi connectivity index (χ0n) is 15.2. The first-order chi connectivity index (χ1) is 13.1. The number of nitrogens with zero attached hydrogens (tertiary/aromatic N) is 2. The number of thiophene rings is 1. The molecule has 0 bridgehead atoms. The number of nitrogens with one attached hydrogen (secondary N) is 1. The van der Waals surface area contributed by atoms with Crippen molar-refractivity contribution in [2.45, 2.75) is 19.4 Å². The third kappa shape index (κ3) is 5.61. The second-order valence-corrected chi connectivity index (χ2v) is 7.40. The van der Waals surface area contributed by atoms with Crippen LogP contribution < -0.4 is 5.32 Å². The minimum Gasteiger partial charge on any atom is -0.352 e. The molecule has 0 radical (unpaired) electrons. The van der Waals surface area contributed by atoms with E-state index >= 15 is 0 Å². The Morgan fingerprint density at radius 3 is 2.59 bits per heavy atom. The van der Waals surface area contributed by atoms with Gasteiger partial charge < -0.3 is 10.2 Å². The van der Waals surface area contributed by atoms with E-state index < -0.39 is 0 Å². The van der Waals surface area contributed by atoms with Gasteiger partial charge in [0, 0.05) is 62.2 Å². The van der Waals surface area contributed by atoms with Gasteiger partial charge in [0.25, 0.3) is 5.91 Å². The Labute approximate surface area is 162 Å². The average molecular weight is 389 g/mol. The lowest BCUT2D eigenvalue weighted by atomic mass is 10.1. The molecule has 2 amide bonds. The topological polar surface area (TPSA) is 52.7 Å². The van der Waals surface area contributed by atoms with Crippen molar-refractivity contribution in [3.05, 3.63) is 58.0 Å². The maximum Gasteiger partial charge on any atom is 0.252 e. The molecule has 1 fully saturated rings. The molecule has 1 N–H and O–H groups in total. The van der Waals surface area contributed by atoms with E-state index in [1.807, 2.05) is 16.3 Å². The fourth-order valence-electron chi connectivity index (χ4n) is 3.12. The van der Waals surface area contributed by atoms with Crippen molar-refractivity contribution in [1.29, 1.82) is 0 Å². The Balaban J connectivity index is 1.34. The van der Waals surface area contributed by atoms with Crippen molar-refractivity contribution < 1.29 is 14.0 Å². The molecule has 1 saturated heterocycles. The van der Waals surface area contributed by atoms with Crippen LogP contribution in [0.2, 0.25) is 0 Å². The van der Waals surface area contributed by atoms with Crippen molar-refractivity contribution in [3.63, 3.8) is 0 Å². The molecule has 144 valence electrons. The molecule has 1 aromatic carbocycles. The van der Waals surface area contributed by atoms with Gasteiger partial charge in [-0.15, -0.1) is 0 Å². The van der Waals surface area contributed by atoms with Crippen LogP contribution in [-0.4, -0.2) is 54.3 Å². The number of piperazine rings is 1. The minimum atomic E-state index is -0.180. The van der Waals surface area contributed by atoms with Gasteiger partial charge in [0.1, 0.15) is 5.82 Å². The highest BCUT2D eigenvalue weighted by Gasteiger charge is 2.21. The number of benzene rings is 1. The van der Waals surface area contributed by atoms with E-state index in [4.69, 9.17) is 0 Å². The highest BCUT2D eigenvalue weighted by atomic mass is 32.1. The highest BCUT2D eigenvalue weighted by molar-refractivity contribution is 7.08. The summed E-state index contributed by atoms with van der Waals surface area (Å²) in [5.74, 6) is -0.156. The number of amides is 2. The predicted octanol–water partition coefficient (Wildman–Crippen LogP) is 2.74. The quantitative estimate of drug-likeness (QED) is 0.741. The zero-order chi connectivity index (χ0) is 19.1. The molecule has 0 spiro atoms. The molecule has 7 heteroatoms. The van der Waals surface area contributed by atoms with Gasteiger partial charge in [0.15, 0.2) is 0 Å². The second-order valence-electron chi connectivity index (χ2n) is 6.62. The second kappa shape index (κ2) is 9.62. The Bertz CT molecular complexity index is 758. The van der Waals surface area contributed by atoms with Gasteiger partial charge in [-0.3, -0.25) is 14.5 Å². The van der Waals surface area contributed by atoms with Gasteiger partial charge in [-0.1, -0.05) is 18.2 Å². The van der Waals surface area contributed by atoms with E-state index in [1.165, 1.54) is 17.4 Å². The Morgan fingerprint density at radius 1 is 1.11 bits per heavy atom. The van der Waals surface area contributed by atoms with Gasteiger partial charge in [0.05, 0.1) is 0 Å². The van der Waals surface area contributed by atoms with E-state index in [0.29, 0.717) is 50.1 Å². The van der Waals surface area contributed by atoms with Gasteiger partial charge in [-0.05, 0) is 23.9 Å². The summed E-state index contributed by atoms with van der Waals surface area (Å²) in [7, 11) is 0. The van der Waals surface area contributed by atoms with Crippen molar-refractivity contribution in [1.82, 2.24) is 15.1 Å². The maximum absolute atomic E-state index is 13.7. The summed E-state index contributed by atoms with van der Waals surface area (Å²) >= 11 is 1.49. The van der Waals surface area contributed by atoms with Crippen molar-refractivity contribution in [2.24, 2.45) is 0 Å². The average Bonchev–Trinajstić information content (AvgIpc) is 3.22. The number of hydrogen-bond donors (Lipinski definition) is 1. The molecule has 5 nitrogen and oxygen atoms in total. The number of carbonyl (C=O) groups is 2. The van der Waals surface area contributed by atoms with Crippen LogP contribution in [0.4, 0.5) is 4.39 Å². The van der Waals surface area contributed by atoms with Crippen molar-refractivity contribution >= 4 is 23.2 Å². The summed E-state index contributed by atoms with van der Waals surface area (Å²) < 4.78 is 13.7. The fourth-order valence-corrected chi connectivity index (χ4v) is 3.75. The standard InChI is InChI=1S/C20H24FN3O2S/c21-18-5-2-1-4-16(18)14-23-9-11-24(12-10-23)19(25)6-3-8-22-20(26)17-7-13-27-15-17/h1-2,4-5,7,13,15H,3,6,8-12,14H2,(H,22,26). The molecule has 1 aromatic heterocycles. The summed E-state index contributed by atoms with van der Waals surface area (Å²) in [6.07, 6.45) is 1.06. The number of halogens is 1. The van der Waals surface area contributed by atoms with Crippen LogP contribution in [0, 0.1) is 5.82 Å². The van der Waals surface area contributed by atoms with Crippen LogP contribution in [0.15, 0.2) is 41.1 Å². The van der Waals surface area contributed by atoms with Crippen LogP contribution in [0.1, 0.15) is 28.8 Å². The lowest BCUT2D eigenvalue weighted by Gasteiger charge is -2.35. The summed E-state index contributed by atoms with van der Waals surface area (Å²) in [5, 5.41) is 6.51. The summed E-state index contributed by atoms with van der Waals surface area (Å²) in [6, 6.07) is 8.60. The first kappa shape index (κ1) is 19.5. The van der Waals surface area contributed by atoms with Gasteiger partial charge >= 0.3 is 0 Å². The van der Waals surface area contributed by atoms with Gasteiger partial charge in [-0.25, -0.2) is 4.39 Å². The zero-order valence-corrected chi connectivity index (χ0v) is 16.0. The normalized spacial score (nSPS) is 14.9. The lowest BCUT2D eigenvalue weighted by Crippen LogP contribution is -2.48. The van der Waals surface area contributed by atoms with Crippen LogP contribution in [0.5, 0.6) is 0 Å². The molecule has 0 aliphatic carbocycles. The Kier molecular flexibility index (Phi) is 6.95. The fraction of sp³-hybridized carbons (Fsp3) is 0.400. The summed E-state index contributed by atoms with van der Waals surface area (Å²) in [4.78, 5) is 28.2. The van der Waals surface area contributed by atoms with E-state index in [9.17, 15) is 14.0 Å². The molecule has 0 unspecified atom stereocenters. The van der Waals surface area contributed by atoms with Gasteiger partial charge in [-0.2, -0.15) is 11.3 Å². The van der Waals surface area contributed by atoms with Crippen molar-refractivity contribution in [3.8, 4) is 0 Å². The van der Waals surface area contributed by atoms with Crippen LogP contribution in [0.25, 0.3) is 0 Å². The first-order valence-electron chi connectivity index (χ1n) is 9.17. The molecule has 1 aliphatic rings. The van der Waals surface area contributed by atoms with Crippen molar-refractivity contribution in [2.75, 3.05) is 32.7 Å². The summed E-state index contributed by atoms with van der Waals surface area (Å²) in [5.41, 5.74) is 1.36. The first-order valence-corrected chi connectivity index (χ1v) is 10.1. The van der Waals surface area contributed by atoms with Crippen LogP contribution >= 0.6 is 11.3 Å². The predicted molar refractivity (Wildman–Crippen MR) is 104 cm³/mol. The molecule has 2 aromatic rings. The van der Waals surface area contributed by atoms with E-state index in [2.05, 4.69) is 10.2 Å². The molecule has 1 aliphatic heterocycles. The number of hydrogen-bond acceptors (Lipinski definition) is 4. The maximum atomic E-state index is 13.7. The molecular formula is C20H24FN3O2S. The molecule has 0 atom stereocenters. The molecule has 27 heavy (non-hydrogen) atoms. The SMILES string of the molecule is O=C(NCCCC(=O)N1CCN(Cc2ccccc2F)CC1)c1ccsc1. The summed E-state index contributed by atoms with van der Waals surface area (Å²) in [6.45, 7) is 3.88. The lowest BCUT2D eigenvalue weighted by molar-refractivity contribution is -0.133. The molecular weight excluding hydrogens is 365 g/mol. The minimum absolute atomic E-state index is 0.0922. The van der Waals surface area contributed by atoms with Gasteiger partial charge in [0.2, 0.25) is 5.91 Å². The van der Waals surface area contributed by atoms with E-state index in [0.717, 1.165) is 13.1 Å². The molecule has 3 rings (SSSR count). The third-order valence-electron chi connectivity index (χ3n) is 4.71. The molecule has 2 heterocycles.